The van der Waals surface area contributed by atoms with Gasteiger partial charge >= 0.3 is 5.97 Å². The van der Waals surface area contributed by atoms with Gasteiger partial charge in [-0.3, -0.25) is 0 Å². The Hall–Kier alpha value is -1.18. The van der Waals surface area contributed by atoms with Crippen molar-refractivity contribution >= 4 is 39.6 Å². The number of hydrogen-bond donors (Lipinski definition) is 3. The van der Waals surface area contributed by atoms with Crippen molar-refractivity contribution in [3.8, 4) is 0 Å². The van der Waals surface area contributed by atoms with Gasteiger partial charge in [0.1, 0.15) is 5.00 Å². The van der Waals surface area contributed by atoms with E-state index in [1.807, 2.05) is 6.92 Å². The third-order valence-electron chi connectivity index (χ3n) is 4.09. The minimum atomic E-state index is -0.283. The molecule has 25 heavy (non-hydrogen) atoms. The van der Waals surface area contributed by atoms with Gasteiger partial charge in [-0.2, -0.15) is 0 Å². The minimum Gasteiger partial charge on any atom is -0.462 e. The number of carbonyl (C=O) groups excluding carboxylic acids is 1. The maximum atomic E-state index is 12.7. The topological polar surface area (TPSA) is 62.4 Å². The maximum absolute atomic E-state index is 12.7. The first-order chi connectivity index (χ1) is 11.6. The largest absolute Gasteiger partial charge is 0.462 e. The average Bonchev–Trinajstić information content (AvgIpc) is 2.82. The molecule has 0 saturated carbocycles. The van der Waals surface area contributed by atoms with Crippen LogP contribution in [0, 0.1) is 0 Å². The highest BCUT2D eigenvalue weighted by Gasteiger charge is 2.42. The fraction of sp³-hybridized carbons (Fsp3) is 0.667. The molecule has 0 spiro atoms. The molecule has 1 aromatic rings. The van der Waals surface area contributed by atoms with Crippen LogP contribution >= 0.6 is 23.6 Å². The summed E-state index contributed by atoms with van der Waals surface area (Å²) in [7, 11) is 0. The lowest BCUT2D eigenvalue weighted by Crippen LogP contribution is -2.55. The van der Waals surface area contributed by atoms with Crippen molar-refractivity contribution < 1.29 is 9.53 Å². The van der Waals surface area contributed by atoms with Crippen molar-refractivity contribution in [2.75, 3.05) is 18.5 Å². The molecule has 140 valence electrons. The van der Waals surface area contributed by atoms with Gasteiger partial charge in [-0.15, -0.1) is 11.3 Å². The lowest BCUT2D eigenvalue weighted by atomic mass is 9.81. The molecule has 0 atom stereocenters. The second-order valence-electron chi connectivity index (χ2n) is 7.53. The van der Waals surface area contributed by atoms with E-state index in [1.165, 1.54) is 0 Å². The quantitative estimate of drug-likeness (QED) is 0.531. The van der Waals surface area contributed by atoms with Crippen LogP contribution in [0.5, 0.6) is 0 Å². The molecule has 0 aromatic carbocycles. The Morgan fingerprint density at radius 1 is 1.32 bits per heavy atom. The normalized spacial score (nSPS) is 17.5. The molecule has 2 heterocycles. The van der Waals surface area contributed by atoms with Crippen LogP contribution in [0.2, 0.25) is 0 Å². The van der Waals surface area contributed by atoms with E-state index in [0.29, 0.717) is 17.3 Å². The average molecular weight is 384 g/mol. The molecule has 0 radical (unpaired) electrons. The molecule has 7 heteroatoms. The van der Waals surface area contributed by atoms with Gasteiger partial charge in [0.2, 0.25) is 0 Å². The summed E-state index contributed by atoms with van der Waals surface area (Å²) in [5.41, 5.74) is 1.38. The third-order valence-corrected chi connectivity index (χ3v) is 5.80. The summed E-state index contributed by atoms with van der Waals surface area (Å²) in [4.78, 5) is 13.8. The molecule has 0 bridgehead atoms. The Morgan fingerprint density at radius 3 is 2.60 bits per heavy atom. The van der Waals surface area contributed by atoms with E-state index in [0.717, 1.165) is 34.8 Å². The number of thiophene rings is 1. The van der Waals surface area contributed by atoms with Gasteiger partial charge < -0.3 is 20.7 Å². The first kappa shape index (κ1) is 20.1. The second-order valence-corrected chi connectivity index (χ2v) is 8.95. The van der Waals surface area contributed by atoms with E-state index in [4.69, 9.17) is 17.0 Å². The smallest absolute Gasteiger partial charge is 0.341 e. The van der Waals surface area contributed by atoms with E-state index >= 15 is 0 Å². The molecule has 3 N–H and O–H groups in total. The number of rotatable bonds is 5. The van der Waals surface area contributed by atoms with Crippen LogP contribution in [-0.4, -0.2) is 29.8 Å². The van der Waals surface area contributed by atoms with Gasteiger partial charge in [0, 0.05) is 22.5 Å². The molecule has 0 fully saturated rings. The van der Waals surface area contributed by atoms with Crippen molar-refractivity contribution in [3.05, 3.63) is 16.0 Å². The predicted octanol–water partition coefficient (Wildman–Crippen LogP) is 3.78. The van der Waals surface area contributed by atoms with E-state index in [9.17, 15) is 4.79 Å². The minimum absolute atomic E-state index is 0.100. The fourth-order valence-corrected chi connectivity index (χ4v) is 4.96. The van der Waals surface area contributed by atoms with Crippen molar-refractivity contribution in [1.82, 2.24) is 10.6 Å². The number of ether oxygens (including phenoxy) is 1. The molecular weight excluding hydrogens is 354 g/mol. The zero-order chi connectivity index (χ0) is 18.8. The monoisotopic (exact) mass is 383 g/mol. The van der Waals surface area contributed by atoms with E-state index in [2.05, 4.69) is 50.6 Å². The van der Waals surface area contributed by atoms with Crippen molar-refractivity contribution in [2.24, 2.45) is 0 Å². The van der Waals surface area contributed by atoms with Crippen LogP contribution < -0.4 is 16.0 Å². The lowest BCUT2D eigenvalue weighted by Gasteiger charge is -2.42. The van der Waals surface area contributed by atoms with Gasteiger partial charge in [-0.1, -0.05) is 6.92 Å². The maximum Gasteiger partial charge on any atom is 0.341 e. The SMILES string of the molecule is CCCNC(=S)Nc1sc2c(c1C(=O)OCC)CC(C)(C)NC2(C)C. The lowest BCUT2D eigenvalue weighted by molar-refractivity contribution is 0.0526. The first-order valence-electron chi connectivity index (χ1n) is 8.78. The molecule has 0 unspecified atom stereocenters. The highest BCUT2D eigenvalue weighted by molar-refractivity contribution is 7.80. The molecule has 0 amide bonds. The van der Waals surface area contributed by atoms with Gasteiger partial charge in [0.05, 0.1) is 12.2 Å². The summed E-state index contributed by atoms with van der Waals surface area (Å²) >= 11 is 6.96. The van der Waals surface area contributed by atoms with Crippen molar-refractivity contribution in [2.45, 2.75) is 65.5 Å². The zero-order valence-electron chi connectivity index (χ0n) is 16.0. The predicted molar refractivity (Wildman–Crippen MR) is 109 cm³/mol. The first-order valence-corrected chi connectivity index (χ1v) is 10.0. The third kappa shape index (κ3) is 4.51. The Labute approximate surface area is 159 Å². The summed E-state index contributed by atoms with van der Waals surface area (Å²) in [5.74, 6) is -0.283. The standard InChI is InChI=1S/C18H29N3O2S2/c1-7-9-19-16(24)20-14-12(15(22)23-8-2)11-10-17(3,4)21-18(5,6)13(11)25-14/h21H,7-10H2,1-6H3,(H2,19,20,24). The van der Waals surface area contributed by atoms with Crippen LogP contribution in [0.1, 0.15) is 68.8 Å². The molecule has 5 nitrogen and oxygen atoms in total. The van der Waals surface area contributed by atoms with E-state index in [1.54, 1.807) is 11.3 Å². The van der Waals surface area contributed by atoms with E-state index in [-0.39, 0.29) is 17.0 Å². The van der Waals surface area contributed by atoms with Crippen LogP contribution in [0.3, 0.4) is 0 Å². The highest BCUT2D eigenvalue weighted by Crippen LogP contribution is 2.45. The molecule has 2 rings (SSSR count). The molecule has 1 aliphatic heterocycles. The van der Waals surface area contributed by atoms with Crippen LogP contribution in [-0.2, 0) is 16.7 Å². The number of thiocarbonyl (C=S) groups is 1. The second kappa shape index (κ2) is 7.60. The van der Waals surface area contributed by atoms with Crippen molar-refractivity contribution in [1.29, 1.82) is 0 Å². The summed E-state index contributed by atoms with van der Waals surface area (Å²) in [5, 5.41) is 11.3. The van der Waals surface area contributed by atoms with Crippen LogP contribution in [0.25, 0.3) is 0 Å². The molecule has 0 saturated heterocycles. The van der Waals surface area contributed by atoms with E-state index < -0.39 is 0 Å². The number of hydrogen-bond acceptors (Lipinski definition) is 5. The van der Waals surface area contributed by atoms with Gasteiger partial charge in [-0.05, 0) is 65.2 Å². The summed E-state index contributed by atoms with van der Waals surface area (Å²) in [6.45, 7) is 13.7. The van der Waals surface area contributed by atoms with Gasteiger partial charge in [0.15, 0.2) is 5.11 Å². The number of fused-ring (bicyclic) bond motifs is 1. The Kier molecular flexibility index (Phi) is 6.12. The highest BCUT2D eigenvalue weighted by atomic mass is 32.1. The number of anilines is 1. The summed E-state index contributed by atoms with van der Waals surface area (Å²) in [6.07, 6.45) is 1.76. The van der Waals surface area contributed by atoms with Gasteiger partial charge in [0.25, 0.3) is 0 Å². The summed E-state index contributed by atoms with van der Waals surface area (Å²) < 4.78 is 5.34. The van der Waals surface area contributed by atoms with Gasteiger partial charge in [-0.25, -0.2) is 4.79 Å². The number of carbonyl (C=O) groups is 1. The van der Waals surface area contributed by atoms with Crippen LogP contribution in [0.15, 0.2) is 0 Å². The molecule has 0 aliphatic carbocycles. The molecular formula is C18H29N3O2S2. The summed E-state index contributed by atoms with van der Waals surface area (Å²) in [6, 6.07) is 0. The molecule has 1 aliphatic rings. The molecule has 1 aromatic heterocycles. The Bertz CT molecular complexity index is 666. The fourth-order valence-electron chi connectivity index (χ4n) is 3.42. The van der Waals surface area contributed by atoms with Crippen molar-refractivity contribution in [3.63, 3.8) is 0 Å². The Balaban J connectivity index is 2.48. The number of nitrogens with one attached hydrogen (secondary N) is 3. The zero-order valence-corrected chi connectivity index (χ0v) is 17.6. The number of esters is 1. The Morgan fingerprint density at radius 2 is 2.00 bits per heavy atom. The van der Waals surface area contributed by atoms with Crippen LogP contribution in [0.4, 0.5) is 5.00 Å².